The van der Waals surface area contributed by atoms with E-state index in [-0.39, 0.29) is 18.1 Å². The summed E-state index contributed by atoms with van der Waals surface area (Å²) in [5.41, 5.74) is 1.78. The molecule has 6 nitrogen and oxygen atoms in total. The van der Waals surface area contributed by atoms with Crippen molar-refractivity contribution in [1.29, 1.82) is 0 Å². The third-order valence-corrected chi connectivity index (χ3v) is 5.09. The minimum atomic E-state index is -0.491. The number of aliphatic hydroxyl groups excluding tert-OH is 1. The van der Waals surface area contributed by atoms with Crippen LogP contribution in [0, 0.1) is 0 Å². The second kappa shape index (κ2) is 9.34. The van der Waals surface area contributed by atoms with Gasteiger partial charge in [-0.1, -0.05) is 60.7 Å². The van der Waals surface area contributed by atoms with E-state index in [1.54, 1.807) is 6.08 Å². The lowest BCUT2D eigenvalue weighted by Gasteiger charge is -2.18. The van der Waals surface area contributed by atoms with Gasteiger partial charge in [-0.2, -0.15) is 0 Å². The van der Waals surface area contributed by atoms with E-state index < -0.39 is 23.1 Å². The molecule has 0 saturated carbocycles. The molecule has 2 aromatic carbocycles. The maximum atomic E-state index is 12.5. The molecule has 0 aromatic heterocycles. The van der Waals surface area contributed by atoms with Crippen LogP contribution in [-0.2, 0) is 16.0 Å². The molecular formula is C21H20N2O4S. The summed E-state index contributed by atoms with van der Waals surface area (Å²) in [6.45, 7) is -0.613. The Bertz CT molecular complexity index is 884. The number of thioether (sulfide) groups is 1. The average Bonchev–Trinajstić information content (AvgIpc) is 2.96. The highest BCUT2D eigenvalue weighted by molar-refractivity contribution is 8.18. The van der Waals surface area contributed by atoms with Crippen molar-refractivity contribution < 1.29 is 19.5 Å². The molecule has 0 radical (unpaired) electrons. The monoisotopic (exact) mass is 396 g/mol. The number of nitrogens with zero attached hydrogens (tertiary/aromatic N) is 1. The summed E-state index contributed by atoms with van der Waals surface area (Å²) in [4.78, 5) is 38.2. The van der Waals surface area contributed by atoms with Crippen LogP contribution < -0.4 is 5.32 Å². The van der Waals surface area contributed by atoms with Crippen molar-refractivity contribution >= 4 is 34.9 Å². The van der Waals surface area contributed by atoms with Crippen LogP contribution in [0.15, 0.2) is 65.6 Å². The predicted molar refractivity (Wildman–Crippen MR) is 108 cm³/mol. The zero-order valence-electron chi connectivity index (χ0n) is 15.1. The van der Waals surface area contributed by atoms with E-state index in [2.05, 4.69) is 5.32 Å². The number of benzene rings is 2. The van der Waals surface area contributed by atoms with Crippen LogP contribution in [0.2, 0.25) is 0 Å². The second-order valence-corrected chi connectivity index (χ2v) is 7.31. The molecule has 0 aliphatic carbocycles. The van der Waals surface area contributed by atoms with E-state index in [0.717, 1.165) is 27.8 Å². The summed E-state index contributed by atoms with van der Waals surface area (Å²) >= 11 is 0.815. The number of rotatable bonds is 7. The van der Waals surface area contributed by atoms with Crippen molar-refractivity contribution in [2.24, 2.45) is 0 Å². The van der Waals surface area contributed by atoms with Crippen molar-refractivity contribution in [1.82, 2.24) is 10.2 Å². The molecule has 0 unspecified atom stereocenters. The molecule has 1 heterocycles. The highest BCUT2D eigenvalue weighted by atomic mass is 32.2. The Morgan fingerprint density at radius 1 is 1.07 bits per heavy atom. The maximum Gasteiger partial charge on any atom is 0.294 e. The number of amides is 3. The molecule has 0 bridgehead atoms. The van der Waals surface area contributed by atoms with Crippen molar-refractivity contribution in [3.05, 3.63) is 76.7 Å². The van der Waals surface area contributed by atoms with Crippen LogP contribution in [0.5, 0.6) is 0 Å². The van der Waals surface area contributed by atoms with Crippen LogP contribution in [0.3, 0.4) is 0 Å². The maximum absolute atomic E-state index is 12.5. The number of aliphatic hydroxyl groups is 1. The summed E-state index contributed by atoms with van der Waals surface area (Å²) in [5, 5.41) is 11.7. The van der Waals surface area contributed by atoms with E-state index in [4.69, 9.17) is 0 Å². The molecular weight excluding hydrogens is 376 g/mol. The van der Waals surface area contributed by atoms with Crippen molar-refractivity contribution in [3.63, 3.8) is 0 Å². The van der Waals surface area contributed by atoms with Crippen LogP contribution in [0.25, 0.3) is 6.08 Å². The Morgan fingerprint density at radius 2 is 1.71 bits per heavy atom. The normalized spacial score (nSPS) is 16.5. The molecule has 144 valence electrons. The van der Waals surface area contributed by atoms with Gasteiger partial charge >= 0.3 is 0 Å². The van der Waals surface area contributed by atoms with E-state index in [1.807, 2.05) is 60.7 Å². The molecule has 3 rings (SSSR count). The first-order valence-electron chi connectivity index (χ1n) is 8.81. The second-order valence-electron chi connectivity index (χ2n) is 6.32. The van der Waals surface area contributed by atoms with Crippen LogP contribution in [0.1, 0.15) is 11.1 Å². The molecule has 7 heteroatoms. The van der Waals surface area contributed by atoms with Gasteiger partial charge in [0, 0.05) is 0 Å². The minimum Gasteiger partial charge on any atom is -0.394 e. The quantitative estimate of drug-likeness (QED) is 0.702. The Hall–Kier alpha value is -2.90. The lowest BCUT2D eigenvalue weighted by molar-refractivity contribution is -0.129. The van der Waals surface area contributed by atoms with E-state index >= 15 is 0 Å². The highest BCUT2D eigenvalue weighted by Gasteiger charge is 2.36. The molecule has 0 spiro atoms. The van der Waals surface area contributed by atoms with Crippen LogP contribution in [-0.4, -0.2) is 46.3 Å². The Morgan fingerprint density at radius 3 is 2.36 bits per heavy atom. The van der Waals surface area contributed by atoms with Gasteiger partial charge in [-0.3, -0.25) is 19.3 Å². The highest BCUT2D eigenvalue weighted by Crippen LogP contribution is 2.31. The molecule has 1 aliphatic rings. The lowest BCUT2D eigenvalue weighted by Crippen LogP contribution is -2.45. The molecule has 28 heavy (non-hydrogen) atoms. The van der Waals surface area contributed by atoms with Gasteiger partial charge in [0.05, 0.1) is 17.6 Å². The largest absolute Gasteiger partial charge is 0.394 e. The molecule has 1 fully saturated rings. The van der Waals surface area contributed by atoms with Crippen molar-refractivity contribution in [2.75, 3.05) is 13.2 Å². The van der Waals surface area contributed by atoms with E-state index in [9.17, 15) is 19.5 Å². The van der Waals surface area contributed by atoms with Gasteiger partial charge < -0.3 is 10.4 Å². The summed E-state index contributed by atoms with van der Waals surface area (Å²) in [6.07, 6.45) is 2.09. The van der Waals surface area contributed by atoms with Gasteiger partial charge in [0.25, 0.3) is 11.1 Å². The number of carbonyl (C=O) groups is 3. The Labute approximate surface area is 167 Å². The number of nitrogens with one attached hydrogen (secondary N) is 1. The summed E-state index contributed by atoms with van der Waals surface area (Å²) in [5.74, 6) is -0.976. The molecule has 3 amide bonds. The topological polar surface area (TPSA) is 86.7 Å². The SMILES string of the molecule is O=C(CN1C(=O)S/C(=C\c2ccccc2)C1=O)N[C@@H](CO)Cc1ccccc1. The first-order chi connectivity index (χ1) is 13.6. The number of carbonyl (C=O) groups excluding carboxylic acids is 3. The van der Waals surface area contributed by atoms with Crippen LogP contribution >= 0.6 is 11.8 Å². The van der Waals surface area contributed by atoms with E-state index in [1.165, 1.54) is 0 Å². The first kappa shape index (κ1) is 19.9. The average molecular weight is 396 g/mol. The van der Waals surface area contributed by atoms with Crippen molar-refractivity contribution in [2.45, 2.75) is 12.5 Å². The van der Waals surface area contributed by atoms with Gasteiger partial charge in [-0.15, -0.1) is 0 Å². The molecule has 1 aliphatic heterocycles. The standard InChI is InChI=1S/C21H20N2O4S/c24-14-17(11-15-7-3-1-4-8-15)22-19(25)13-23-20(26)18(28-21(23)27)12-16-9-5-2-6-10-16/h1-10,12,17,24H,11,13-14H2,(H,22,25)/b18-12-/t17-/m1/s1. The van der Waals surface area contributed by atoms with Gasteiger partial charge in [-0.05, 0) is 35.4 Å². The molecule has 1 saturated heterocycles. The third kappa shape index (κ3) is 5.09. The Kier molecular flexibility index (Phi) is 6.62. The number of imide groups is 1. The number of hydrogen-bond donors (Lipinski definition) is 2. The molecule has 2 aromatic rings. The fourth-order valence-electron chi connectivity index (χ4n) is 2.81. The Balaban J connectivity index is 1.61. The van der Waals surface area contributed by atoms with Gasteiger partial charge in [0.1, 0.15) is 6.54 Å². The first-order valence-corrected chi connectivity index (χ1v) is 9.63. The number of hydrogen-bond acceptors (Lipinski definition) is 5. The van der Waals surface area contributed by atoms with Gasteiger partial charge in [-0.25, -0.2) is 0 Å². The zero-order chi connectivity index (χ0) is 19.9. The van der Waals surface area contributed by atoms with Crippen molar-refractivity contribution in [3.8, 4) is 0 Å². The third-order valence-electron chi connectivity index (χ3n) is 4.18. The summed E-state index contributed by atoms with van der Waals surface area (Å²) in [6, 6.07) is 18.2. The van der Waals surface area contributed by atoms with Gasteiger partial charge in [0.15, 0.2) is 0 Å². The summed E-state index contributed by atoms with van der Waals surface area (Å²) < 4.78 is 0. The predicted octanol–water partition coefficient (Wildman–Crippen LogP) is 2.44. The zero-order valence-corrected chi connectivity index (χ0v) is 15.9. The smallest absolute Gasteiger partial charge is 0.294 e. The molecule has 1 atom stereocenters. The fraction of sp³-hybridized carbons (Fsp3) is 0.190. The minimum absolute atomic E-state index is 0.240. The van der Waals surface area contributed by atoms with Gasteiger partial charge in [0.2, 0.25) is 5.91 Å². The van der Waals surface area contributed by atoms with Crippen LogP contribution in [0.4, 0.5) is 4.79 Å². The summed E-state index contributed by atoms with van der Waals surface area (Å²) in [7, 11) is 0. The fourth-order valence-corrected chi connectivity index (χ4v) is 3.65. The lowest BCUT2D eigenvalue weighted by atomic mass is 10.1. The van der Waals surface area contributed by atoms with E-state index in [0.29, 0.717) is 6.42 Å². The molecule has 2 N–H and O–H groups in total.